The van der Waals surface area contributed by atoms with E-state index in [1.807, 2.05) is 9.80 Å². The lowest BCUT2D eigenvalue weighted by Gasteiger charge is -2.38. The second-order valence-electron chi connectivity index (χ2n) is 11.1. The fourth-order valence-electron chi connectivity index (χ4n) is 5.99. The Kier molecular flexibility index (Phi) is 11.6. The summed E-state index contributed by atoms with van der Waals surface area (Å²) in [5, 5.41) is 0. The van der Waals surface area contributed by atoms with Crippen molar-refractivity contribution in [2.24, 2.45) is 5.92 Å². The molecular weight excluding hydrogens is 512 g/mol. The Morgan fingerprint density at radius 2 is 1.65 bits per heavy atom. The van der Waals surface area contributed by atoms with E-state index in [4.69, 9.17) is 14.2 Å². The molecule has 3 saturated heterocycles. The average molecular weight is 559 g/mol. The Labute approximate surface area is 238 Å². The number of benzene rings is 1. The zero-order valence-corrected chi connectivity index (χ0v) is 24.2. The molecule has 0 aliphatic carbocycles. The van der Waals surface area contributed by atoms with Crippen molar-refractivity contribution in [3.05, 3.63) is 35.9 Å². The van der Waals surface area contributed by atoms with Crippen molar-refractivity contribution in [1.82, 2.24) is 19.6 Å². The van der Waals surface area contributed by atoms with Gasteiger partial charge in [0.15, 0.2) is 0 Å². The second-order valence-corrected chi connectivity index (χ2v) is 11.1. The summed E-state index contributed by atoms with van der Waals surface area (Å²) in [6, 6.07) is 10.00. The van der Waals surface area contributed by atoms with E-state index in [0.717, 1.165) is 45.7 Å². The number of ether oxygens (including phenoxy) is 3. The van der Waals surface area contributed by atoms with Gasteiger partial charge >= 0.3 is 18.0 Å². The quantitative estimate of drug-likeness (QED) is 0.268. The summed E-state index contributed by atoms with van der Waals surface area (Å²) in [6.07, 6.45) is 3.01. The number of cyclic esters (lactones) is 1. The van der Waals surface area contributed by atoms with E-state index in [9.17, 15) is 14.4 Å². The highest BCUT2D eigenvalue weighted by molar-refractivity contribution is 5.82. The predicted molar refractivity (Wildman–Crippen MR) is 151 cm³/mol. The molecule has 2 unspecified atom stereocenters. The van der Waals surface area contributed by atoms with E-state index in [2.05, 4.69) is 40.1 Å². The van der Waals surface area contributed by atoms with Gasteiger partial charge < -0.3 is 19.1 Å². The zero-order valence-electron chi connectivity index (χ0n) is 24.2. The Morgan fingerprint density at radius 3 is 2.33 bits per heavy atom. The van der Waals surface area contributed by atoms with Gasteiger partial charge in [0.25, 0.3) is 0 Å². The first-order chi connectivity index (χ1) is 19.4. The van der Waals surface area contributed by atoms with Gasteiger partial charge in [0, 0.05) is 45.8 Å². The van der Waals surface area contributed by atoms with Crippen LogP contribution < -0.4 is 0 Å². The maximum Gasteiger partial charge on any atom is 0.410 e. The van der Waals surface area contributed by atoms with Crippen molar-refractivity contribution in [3.8, 4) is 0 Å². The van der Waals surface area contributed by atoms with Gasteiger partial charge in [-0.3, -0.25) is 24.3 Å². The summed E-state index contributed by atoms with van der Waals surface area (Å²) in [5.41, 5.74) is 1.36. The maximum absolute atomic E-state index is 12.6. The lowest BCUT2D eigenvalue weighted by atomic mass is 9.93. The monoisotopic (exact) mass is 558 g/mol. The van der Waals surface area contributed by atoms with Gasteiger partial charge in [-0.15, -0.1) is 0 Å². The molecule has 0 radical (unpaired) electrons. The lowest BCUT2D eigenvalue weighted by molar-refractivity contribution is -0.157. The third kappa shape index (κ3) is 8.91. The van der Waals surface area contributed by atoms with Gasteiger partial charge in [0.05, 0.1) is 26.2 Å². The fraction of sp³-hybridized carbons (Fsp3) is 0.700. The summed E-state index contributed by atoms with van der Waals surface area (Å²) >= 11 is 0. The first kappa shape index (κ1) is 30.3. The Hall–Kier alpha value is -2.69. The van der Waals surface area contributed by atoms with Crippen molar-refractivity contribution in [3.63, 3.8) is 0 Å². The molecule has 0 saturated carbocycles. The number of esters is 2. The van der Waals surface area contributed by atoms with Crippen LogP contribution in [0.25, 0.3) is 0 Å². The van der Waals surface area contributed by atoms with E-state index < -0.39 is 12.0 Å². The van der Waals surface area contributed by atoms with E-state index in [1.54, 1.807) is 13.8 Å². The summed E-state index contributed by atoms with van der Waals surface area (Å²) < 4.78 is 16.0. The van der Waals surface area contributed by atoms with Gasteiger partial charge in [-0.1, -0.05) is 30.3 Å². The van der Waals surface area contributed by atoms with Crippen molar-refractivity contribution < 1.29 is 28.6 Å². The SMILES string of the molecule is CCOC(=O)CC(C(=O)OCC)N1CCN(CC2CN(CCC3CCN(Cc4ccccc4)CC3)C(=O)O2)CC1. The molecule has 10 nitrogen and oxygen atoms in total. The molecule has 3 heterocycles. The van der Waals surface area contributed by atoms with Gasteiger partial charge in [-0.05, 0) is 57.7 Å². The number of hydrogen-bond acceptors (Lipinski definition) is 9. The molecule has 222 valence electrons. The number of piperazine rings is 1. The smallest absolute Gasteiger partial charge is 0.410 e. The van der Waals surface area contributed by atoms with Crippen LogP contribution in [0.4, 0.5) is 4.79 Å². The molecule has 3 aliphatic heterocycles. The third-order valence-electron chi connectivity index (χ3n) is 8.25. The summed E-state index contributed by atoms with van der Waals surface area (Å²) in [5.74, 6) is -0.126. The standard InChI is InChI=1S/C30H46N4O6/c1-3-38-28(35)20-27(29(36)39-4-2)33-18-16-32(17-19-33)22-26-23-34(30(37)40-26)15-12-24-10-13-31(14-11-24)21-25-8-6-5-7-9-25/h5-9,24,26-27H,3-4,10-23H2,1-2H3. The van der Waals surface area contributed by atoms with Crippen LogP contribution in [0.5, 0.6) is 0 Å². The van der Waals surface area contributed by atoms with Crippen LogP contribution in [0.3, 0.4) is 0 Å². The number of amides is 1. The Morgan fingerprint density at radius 1 is 0.950 bits per heavy atom. The highest BCUT2D eigenvalue weighted by atomic mass is 16.6. The molecule has 1 amide bonds. The van der Waals surface area contributed by atoms with Crippen molar-refractivity contribution in [2.75, 3.05) is 72.1 Å². The second kappa shape index (κ2) is 15.3. The van der Waals surface area contributed by atoms with Crippen LogP contribution >= 0.6 is 0 Å². The number of piperidine rings is 1. The largest absolute Gasteiger partial charge is 0.466 e. The molecule has 1 aromatic carbocycles. The van der Waals surface area contributed by atoms with Gasteiger partial charge in [0.1, 0.15) is 12.1 Å². The van der Waals surface area contributed by atoms with Crippen LogP contribution in [0.15, 0.2) is 30.3 Å². The molecule has 0 aromatic heterocycles. The number of likely N-dealkylation sites (tertiary alicyclic amines) is 1. The number of hydrogen-bond donors (Lipinski definition) is 0. The minimum Gasteiger partial charge on any atom is -0.466 e. The lowest BCUT2D eigenvalue weighted by Crippen LogP contribution is -2.54. The Bertz CT molecular complexity index is 947. The molecular formula is C30H46N4O6. The Balaban J connectivity index is 1.15. The summed E-state index contributed by atoms with van der Waals surface area (Å²) in [7, 11) is 0. The maximum atomic E-state index is 12.6. The van der Waals surface area contributed by atoms with Crippen molar-refractivity contribution in [2.45, 2.75) is 58.2 Å². The number of carbonyl (C=O) groups excluding carboxylic acids is 3. The summed E-state index contributed by atoms with van der Waals surface area (Å²) in [4.78, 5) is 45.8. The molecule has 0 N–H and O–H groups in total. The topological polar surface area (TPSA) is 91.9 Å². The third-order valence-corrected chi connectivity index (χ3v) is 8.25. The first-order valence-electron chi connectivity index (χ1n) is 15.0. The molecule has 0 bridgehead atoms. The molecule has 4 rings (SSSR count). The normalized spacial score (nSPS) is 22.2. The molecule has 1 aromatic rings. The van der Waals surface area contributed by atoms with Crippen LogP contribution in [0, 0.1) is 5.92 Å². The molecule has 3 aliphatic rings. The molecule has 3 fully saturated rings. The van der Waals surface area contributed by atoms with Crippen LogP contribution in [-0.4, -0.2) is 122 Å². The number of carbonyl (C=O) groups is 3. The van der Waals surface area contributed by atoms with Crippen LogP contribution in [-0.2, 0) is 30.3 Å². The minimum atomic E-state index is -0.633. The highest BCUT2D eigenvalue weighted by Gasteiger charge is 2.36. The van der Waals surface area contributed by atoms with Crippen LogP contribution in [0.2, 0.25) is 0 Å². The van der Waals surface area contributed by atoms with Crippen LogP contribution in [0.1, 0.15) is 45.1 Å². The highest BCUT2D eigenvalue weighted by Crippen LogP contribution is 2.24. The van der Waals surface area contributed by atoms with Gasteiger partial charge in [-0.25, -0.2) is 4.79 Å². The summed E-state index contributed by atoms with van der Waals surface area (Å²) in [6.45, 7) is 12.1. The van der Waals surface area contributed by atoms with E-state index >= 15 is 0 Å². The molecule has 40 heavy (non-hydrogen) atoms. The first-order valence-corrected chi connectivity index (χ1v) is 15.0. The molecule has 10 heteroatoms. The zero-order chi connectivity index (χ0) is 28.3. The van der Waals surface area contributed by atoms with Gasteiger partial charge in [0.2, 0.25) is 0 Å². The predicted octanol–water partition coefficient (Wildman–Crippen LogP) is 2.61. The molecule has 0 spiro atoms. The van der Waals surface area contributed by atoms with E-state index in [0.29, 0.717) is 32.1 Å². The van der Waals surface area contributed by atoms with Crippen molar-refractivity contribution >= 4 is 18.0 Å². The molecule has 2 atom stereocenters. The number of rotatable bonds is 13. The van der Waals surface area contributed by atoms with Gasteiger partial charge in [-0.2, -0.15) is 0 Å². The van der Waals surface area contributed by atoms with E-state index in [1.165, 1.54) is 18.4 Å². The minimum absolute atomic E-state index is 0.00603. The van der Waals surface area contributed by atoms with E-state index in [-0.39, 0.29) is 37.8 Å². The van der Waals surface area contributed by atoms with Crippen molar-refractivity contribution in [1.29, 1.82) is 0 Å². The number of nitrogens with zero attached hydrogens (tertiary/aromatic N) is 4. The fourth-order valence-corrected chi connectivity index (χ4v) is 5.99. The average Bonchev–Trinajstić information content (AvgIpc) is 3.31.